The number of hydrogen-bond acceptors (Lipinski definition) is 9. The first-order chi connectivity index (χ1) is 7.50. The Kier molecular flexibility index (Phi) is 5.63. The average Bonchev–Trinajstić information content (AvgIpc) is 3.09. The van der Waals surface area contributed by atoms with Gasteiger partial charge in [0.1, 0.15) is 6.26 Å². The maximum atomic E-state index is 4.22. The number of nitrogens with zero attached hydrogens (tertiary/aromatic N) is 6. The second-order valence-corrected chi connectivity index (χ2v) is 1.76. The molecule has 0 amide bonds. The molecule has 9 nitrogen and oxygen atoms in total. The highest BCUT2D eigenvalue weighted by Crippen LogP contribution is 1.64. The summed E-state index contributed by atoms with van der Waals surface area (Å²) in [7, 11) is 0. The first-order valence-corrected chi connectivity index (χ1v) is 3.62. The lowest BCUT2D eigenvalue weighted by molar-refractivity contribution is 0.307. The maximum Gasteiger partial charge on any atom is 0.213 e. The van der Waals surface area contributed by atoms with Gasteiger partial charge in [-0.1, -0.05) is 15.5 Å². The molecular weight excluding hydrogens is 204 g/mol. The van der Waals surface area contributed by atoms with E-state index in [0.29, 0.717) is 0 Å². The first-order valence-electron chi connectivity index (χ1n) is 3.62. The molecule has 0 aliphatic carbocycles. The summed E-state index contributed by atoms with van der Waals surface area (Å²) in [4.78, 5) is 3.44. The molecule has 0 bridgehead atoms. The Labute approximate surface area is 83.0 Å². The lowest BCUT2D eigenvalue weighted by Crippen LogP contribution is -1.53. The third-order valence-electron chi connectivity index (χ3n) is 0.848. The Morgan fingerprint density at radius 3 is 1.93 bits per heavy atom. The van der Waals surface area contributed by atoms with Crippen LogP contribution in [0.15, 0.2) is 51.2 Å². The molecule has 0 radical (unpaired) electrons. The van der Waals surface area contributed by atoms with Gasteiger partial charge in [-0.3, -0.25) is 0 Å². The van der Waals surface area contributed by atoms with Gasteiger partial charge in [0.05, 0.1) is 18.6 Å². The van der Waals surface area contributed by atoms with Crippen molar-refractivity contribution in [2.75, 3.05) is 0 Å². The van der Waals surface area contributed by atoms with Crippen LogP contribution in [-0.2, 0) is 0 Å². The molecule has 0 aromatic carbocycles. The summed E-state index contributed by atoms with van der Waals surface area (Å²) < 4.78 is 12.5. The van der Waals surface area contributed by atoms with Gasteiger partial charge in [0.15, 0.2) is 6.33 Å². The van der Waals surface area contributed by atoms with E-state index in [1.165, 1.54) is 37.6 Å². The first kappa shape index (κ1) is 10.5. The molecule has 3 aromatic rings. The Hall–Kier alpha value is -2.58. The van der Waals surface area contributed by atoms with Crippen LogP contribution in [0.4, 0.5) is 0 Å². The zero-order valence-electron chi connectivity index (χ0n) is 7.37. The van der Waals surface area contributed by atoms with Crippen LogP contribution in [-0.4, -0.2) is 30.8 Å². The van der Waals surface area contributed by atoms with Crippen molar-refractivity contribution >= 4 is 0 Å². The van der Waals surface area contributed by atoms with E-state index < -0.39 is 0 Å². The van der Waals surface area contributed by atoms with Crippen LogP contribution in [0.3, 0.4) is 0 Å². The number of aromatic nitrogens is 6. The Morgan fingerprint density at radius 2 is 1.73 bits per heavy atom. The fourth-order valence-corrected chi connectivity index (χ4v) is 0.408. The van der Waals surface area contributed by atoms with Gasteiger partial charge in [-0.25, -0.2) is 9.61 Å². The standard InChI is InChI=1S/3C2H2N2O/c1-3-2-5-4-1;1-2-5-4-3-1;1-2-4-5-3-1/h3*1-2H. The fraction of sp³-hybridized carbons (Fsp3) is 0. The van der Waals surface area contributed by atoms with Crippen molar-refractivity contribution in [1.29, 1.82) is 0 Å². The van der Waals surface area contributed by atoms with Crippen LogP contribution in [0.1, 0.15) is 0 Å². The lowest BCUT2D eigenvalue weighted by atomic mass is 11.0. The topological polar surface area (TPSA) is 117 Å². The van der Waals surface area contributed by atoms with E-state index in [2.05, 4.69) is 44.5 Å². The predicted octanol–water partition coefficient (Wildman–Crippen LogP) is 0.209. The molecule has 15 heavy (non-hydrogen) atoms. The second kappa shape index (κ2) is 8.04. The van der Waals surface area contributed by atoms with E-state index in [1.807, 2.05) is 0 Å². The molecule has 0 saturated heterocycles. The van der Waals surface area contributed by atoms with Gasteiger partial charge in [0, 0.05) is 5.27 Å². The minimum Gasteiger partial charge on any atom is -0.346 e. The van der Waals surface area contributed by atoms with E-state index in [0.717, 1.165) is 0 Å². The zero-order chi connectivity index (χ0) is 10.6. The molecule has 0 unspecified atom stereocenters. The summed E-state index contributed by atoms with van der Waals surface area (Å²) in [6, 6.07) is 0. The summed E-state index contributed by atoms with van der Waals surface area (Å²) in [6.07, 6.45) is 8.42. The molecule has 9 heteroatoms. The molecule has 0 saturated carbocycles. The SMILES string of the molecule is c1cnon1.c1conn1.c1ncon1. The molecule has 0 fully saturated rings. The van der Waals surface area contributed by atoms with Crippen molar-refractivity contribution in [2.24, 2.45) is 0 Å². The fourth-order valence-electron chi connectivity index (χ4n) is 0.408. The zero-order valence-corrected chi connectivity index (χ0v) is 7.37. The van der Waals surface area contributed by atoms with Crippen LogP contribution in [0.5, 0.6) is 0 Å². The molecule has 3 rings (SSSR count). The normalized spacial score (nSPS) is 8.00. The highest BCUT2D eigenvalue weighted by atomic mass is 16.6. The highest BCUT2D eigenvalue weighted by Gasteiger charge is 1.62. The quantitative estimate of drug-likeness (QED) is 0.512. The van der Waals surface area contributed by atoms with Crippen molar-refractivity contribution in [3.63, 3.8) is 0 Å². The van der Waals surface area contributed by atoms with Crippen LogP contribution >= 0.6 is 0 Å². The molecular formula is C6H6N6O3. The van der Waals surface area contributed by atoms with Gasteiger partial charge in [-0.15, -0.1) is 5.10 Å². The van der Waals surface area contributed by atoms with Crippen molar-refractivity contribution in [3.8, 4) is 0 Å². The van der Waals surface area contributed by atoms with Crippen LogP contribution in [0.25, 0.3) is 0 Å². The highest BCUT2D eigenvalue weighted by molar-refractivity contribution is 4.51. The molecule has 0 spiro atoms. The van der Waals surface area contributed by atoms with E-state index in [4.69, 9.17) is 0 Å². The smallest absolute Gasteiger partial charge is 0.213 e. The monoisotopic (exact) mass is 210 g/mol. The molecule has 0 atom stereocenters. The summed E-state index contributed by atoms with van der Waals surface area (Å²) in [5.74, 6) is 0. The Bertz CT molecular complexity index is 255. The number of rotatable bonds is 0. The average molecular weight is 210 g/mol. The van der Waals surface area contributed by atoms with E-state index in [1.54, 1.807) is 0 Å². The molecule has 0 aliphatic heterocycles. The van der Waals surface area contributed by atoms with Gasteiger partial charge in [-0.2, -0.15) is 0 Å². The molecule has 3 aromatic heterocycles. The lowest BCUT2D eigenvalue weighted by Gasteiger charge is -1.45. The van der Waals surface area contributed by atoms with E-state index >= 15 is 0 Å². The van der Waals surface area contributed by atoms with Crippen LogP contribution < -0.4 is 0 Å². The maximum absolute atomic E-state index is 4.22. The second-order valence-electron chi connectivity index (χ2n) is 1.76. The largest absolute Gasteiger partial charge is 0.346 e. The summed E-state index contributed by atoms with van der Waals surface area (Å²) in [5, 5.41) is 16.1. The van der Waals surface area contributed by atoms with Crippen molar-refractivity contribution in [2.45, 2.75) is 0 Å². The summed E-state index contributed by atoms with van der Waals surface area (Å²) in [6.45, 7) is 0. The number of hydrogen-bond donors (Lipinski definition) is 0. The van der Waals surface area contributed by atoms with Gasteiger partial charge >= 0.3 is 0 Å². The van der Waals surface area contributed by atoms with Crippen molar-refractivity contribution < 1.29 is 13.7 Å². The minimum atomic E-state index is 1.26. The van der Waals surface area contributed by atoms with Gasteiger partial charge in [-0.05, 0) is 0 Å². The third-order valence-corrected chi connectivity index (χ3v) is 0.848. The van der Waals surface area contributed by atoms with Crippen LogP contribution in [0.2, 0.25) is 0 Å². The van der Waals surface area contributed by atoms with Gasteiger partial charge < -0.3 is 9.05 Å². The molecule has 0 aliphatic rings. The van der Waals surface area contributed by atoms with Crippen LogP contribution in [0, 0.1) is 0 Å². The molecule has 78 valence electrons. The Balaban J connectivity index is 0.000000112. The Morgan fingerprint density at radius 1 is 0.867 bits per heavy atom. The predicted molar refractivity (Wildman–Crippen MR) is 42.9 cm³/mol. The van der Waals surface area contributed by atoms with Gasteiger partial charge in [0.25, 0.3) is 0 Å². The van der Waals surface area contributed by atoms with E-state index in [9.17, 15) is 0 Å². The van der Waals surface area contributed by atoms with Crippen molar-refractivity contribution in [1.82, 2.24) is 30.8 Å². The third kappa shape index (κ3) is 6.57. The van der Waals surface area contributed by atoms with Crippen molar-refractivity contribution in [3.05, 3.63) is 37.6 Å². The summed E-state index contributed by atoms with van der Waals surface area (Å²) >= 11 is 0. The molecule has 3 heterocycles. The summed E-state index contributed by atoms with van der Waals surface area (Å²) in [5.41, 5.74) is 0. The minimum absolute atomic E-state index is 1.26. The molecule has 0 N–H and O–H groups in total. The van der Waals surface area contributed by atoms with Gasteiger partial charge in [0.2, 0.25) is 6.39 Å². The van der Waals surface area contributed by atoms with E-state index in [-0.39, 0.29) is 0 Å².